The van der Waals surface area contributed by atoms with Crippen LogP contribution in [0.25, 0.3) is 5.57 Å². The molecule has 1 aromatic heterocycles. The fourth-order valence-corrected chi connectivity index (χ4v) is 2.84. The van der Waals surface area contributed by atoms with Gasteiger partial charge in [0.25, 0.3) is 0 Å². The quantitative estimate of drug-likeness (QED) is 0.815. The number of rotatable bonds is 2. The van der Waals surface area contributed by atoms with E-state index in [0.717, 1.165) is 26.2 Å². The van der Waals surface area contributed by atoms with Crippen LogP contribution in [0.2, 0.25) is 0 Å². The first kappa shape index (κ1) is 10.1. The van der Waals surface area contributed by atoms with Gasteiger partial charge in [-0.05, 0) is 29.5 Å². The van der Waals surface area contributed by atoms with Gasteiger partial charge in [0, 0.05) is 38.6 Å². The van der Waals surface area contributed by atoms with Crippen molar-refractivity contribution < 1.29 is 4.74 Å². The van der Waals surface area contributed by atoms with Gasteiger partial charge in [-0.1, -0.05) is 6.08 Å². The van der Waals surface area contributed by atoms with E-state index in [1.807, 2.05) is 0 Å². The average Bonchev–Trinajstić information content (AvgIpc) is 2.52. The Morgan fingerprint density at radius 3 is 3.31 bits per heavy atom. The lowest BCUT2D eigenvalue weighted by atomic mass is 9.94. The molecule has 0 fully saturated rings. The minimum atomic E-state index is 0.746. The molecule has 0 aromatic carbocycles. The minimum Gasteiger partial charge on any atom is -0.380 e. The average molecular weight is 218 g/mol. The predicted molar refractivity (Wildman–Crippen MR) is 64.3 cm³/mol. The molecule has 3 nitrogen and oxygen atoms in total. The van der Waals surface area contributed by atoms with E-state index >= 15 is 0 Å². The Bertz CT molecular complexity index is 431. The van der Waals surface area contributed by atoms with E-state index in [2.05, 4.69) is 22.2 Å². The number of allylic oxidation sites excluding steroid dienone is 1. The Hall–Kier alpha value is -1.06. The van der Waals surface area contributed by atoms with E-state index in [-0.39, 0.29) is 0 Å². The molecule has 0 unspecified atom stereocenters. The van der Waals surface area contributed by atoms with Crippen molar-refractivity contribution in [2.45, 2.75) is 26.0 Å². The second-order valence-electron chi connectivity index (χ2n) is 4.55. The van der Waals surface area contributed by atoms with Gasteiger partial charge in [0.15, 0.2) is 0 Å². The molecule has 0 radical (unpaired) electrons. The highest BCUT2D eigenvalue weighted by atomic mass is 16.5. The second-order valence-corrected chi connectivity index (χ2v) is 4.55. The zero-order chi connectivity index (χ0) is 11.0. The zero-order valence-electron chi connectivity index (χ0n) is 9.75. The van der Waals surface area contributed by atoms with Gasteiger partial charge < -0.3 is 14.6 Å². The van der Waals surface area contributed by atoms with Crippen LogP contribution in [0.4, 0.5) is 0 Å². The van der Waals surface area contributed by atoms with E-state index in [9.17, 15) is 0 Å². The maximum absolute atomic E-state index is 5.29. The first-order valence-electron chi connectivity index (χ1n) is 6.00. The summed E-state index contributed by atoms with van der Waals surface area (Å²) in [6.45, 7) is 3.90. The number of methoxy groups -OCH3 is 1. The highest BCUT2D eigenvalue weighted by molar-refractivity contribution is 5.71. The summed E-state index contributed by atoms with van der Waals surface area (Å²) in [5.74, 6) is 0. The molecule has 86 valence electrons. The molecular weight excluding hydrogens is 200 g/mol. The Morgan fingerprint density at radius 1 is 1.50 bits per heavy atom. The van der Waals surface area contributed by atoms with Crippen LogP contribution in [0, 0.1) is 0 Å². The van der Waals surface area contributed by atoms with E-state index in [1.165, 1.54) is 35.2 Å². The van der Waals surface area contributed by atoms with Gasteiger partial charge in [0.2, 0.25) is 0 Å². The summed E-state index contributed by atoms with van der Waals surface area (Å²) in [6.07, 6.45) is 7.00. The van der Waals surface area contributed by atoms with Crippen molar-refractivity contribution in [3.63, 3.8) is 0 Å². The third-order valence-electron chi connectivity index (χ3n) is 3.51. The van der Waals surface area contributed by atoms with Crippen LogP contribution in [-0.2, 0) is 24.3 Å². The molecule has 3 rings (SSSR count). The van der Waals surface area contributed by atoms with E-state index in [4.69, 9.17) is 4.74 Å². The predicted octanol–water partition coefficient (Wildman–Crippen LogP) is 1.57. The van der Waals surface area contributed by atoms with E-state index in [0.29, 0.717) is 0 Å². The Kier molecular flexibility index (Phi) is 2.58. The first-order valence-corrected chi connectivity index (χ1v) is 6.00. The van der Waals surface area contributed by atoms with Crippen LogP contribution < -0.4 is 5.32 Å². The maximum atomic E-state index is 5.29. The van der Waals surface area contributed by atoms with Crippen LogP contribution in [0.1, 0.15) is 23.2 Å². The van der Waals surface area contributed by atoms with Gasteiger partial charge in [0.1, 0.15) is 0 Å². The number of aromatic nitrogens is 1. The van der Waals surface area contributed by atoms with E-state index < -0.39 is 0 Å². The highest BCUT2D eigenvalue weighted by Crippen LogP contribution is 2.31. The van der Waals surface area contributed by atoms with Crippen LogP contribution in [0.3, 0.4) is 0 Å². The molecule has 1 aliphatic carbocycles. The molecule has 1 N–H and O–H groups in total. The summed E-state index contributed by atoms with van der Waals surface area (Å²) in [6, 6.07) is 0. The monoisotopic (exact) mass is 218 g/mol. The SMILES string of the molecule is COCc1cn2c3c1CCC=C3CNCC2. The number of hydrogen-bond donors (Lipinski definition) is 1. The molecule has 1 aromatic rings. The molecule has 0 saturated heterocycles. The van der Waals surface area contributed by atoms with Crippen molar-refractivity contribution in [1.29, 1.82) is 0 Å². The maximum Gasteiger partial charge on any atom is 0.0730 e. The van der Waals surface area contributed by atoms with Gasteiger partial charge in [0.05, 0.1) is 6.61 Å². The molecule has 16 heavy (non-hydrogen) atoms. The Morgan fingerprint density at radius 2 is 2.44 bits per heavy atom. The lowest BCUT2D eigenvalue weighted by Crippen LogP contribution is -2.17. The Balaban J connectivity index is 2.10. The molecule has 0 saturated carbocycles. The topological polar surface area (TPSA) is 26.2 Å². The van der Waals surface area contributed by atoms with Crippen molar-refractivity contribution in [3.8, 4) is 0 Å². The molecule has 0 spiro atoms. The van der Waals surface area contributed by atoms with Crippen LogP contribution in [0.5, 0.6) is 0 Å². The lowest BCUT2D eigenvalue weighted by molar-refractivity contribution is 0.184. The summed E-state index contributed by atoms with van der Waals surface area (Å²) in [5, 5.41) is 3.47. The van der Waals surface area contributed by atoms with Gasteiger partial charge in [-0.15, -0.1) is 0 Å². The van der Waals surface area contributed by atoms with Gasteiger partial charge in [-0.25, -0.2) is 0 Å². The van der Waals surface area contributed by atoms with Gasteiger partial charge in [-0.3, -0.25) is 0 Å². The third-order valence-corrected chi connectivity index (χ3v) is 3.51. The molecule has 0 amide bonds. The normalized spacial score (nSPS) is 18.9. The number of hydrogen-bond acceptors (Lipinski definition) is 2. The molecule has 0 bridgehead atoms. The van der Waals surface area contributed by atoms with Crippen molar-refractivity contribution in [1.82, 2.24) is 9.88 Å². The fraction of sp³-hybridized carbons (Fsp3) is 0.538. The molecule has 2 heterocycles. The number of nitrogens with one attached hydrogen (secondary N) is 1. The van der Waals surface area contributed by atoms with Crippen molar-refractivity contribution >= 4 is 5.57 Å². The van der Waals surface area contributed by atoms with E-state index in [1.54, 1.807) is 7.11 Å². The Labute approximate surface area is 96.1 Å². The van der Waals surface area contributed by atoms with Crippen LogP contribution in [0.15, 0.2) is 12.3 Å². The van der Waals surface area contributed by atoms with Gasteiger partial charge in [-0.2, -0.15) is 0 Å². The van der Waals surface area contributed by atoms with Crippen LogP contribution >= 0.6 is 0 Å². The fourth-order valence-electron chi connectivity index (χ4n) is 2.84. The van der Waals surface area contributed by atoms with Crippen LogP contribution in [-0.4, -0.2) is 24.8 Å². The summed E-state index contributed by atoms with van der Waals surface area (Å²) in [4.78, 5) is 0. The largest absolute Gasteiger partial charge is 0.380 e. The summed E-state index contributed by atoms with van der Waals surface area (Å²) in [5.41, 5.74) is 5.83. The third kappa shape index (κ3) is 1.51. The summed E-state index contributed by atoms with van der Waals surface area (Å²) < 4.78 is 7.69. The number of ether oxygens (including phenoxy) is 1. The number of nitrogens with zero attached hydrogens (tertiary/aromatic N) is 1. The minimum absolute atomic E-state index is 0.746. The highest BCUT2D eigenvalue weighted by Gasteiger charge is 2.22. The van der Waals surface area contributed by atoms with Crippen molar-refractivity contribution in [2.75, 3.05) is 20.2 Å². The zero-order valence-corrected chi connectivity index (χ0v) is 9.75. The molecular formula is C13H18N2O. The molecule has 0 atom stereocenters. The molecule has 3 heteroatoms. The first-order chi connectivity index (χ1) is 7.90. The standard InChI is InChI=1S/C13H18N2O/c1-16-9-11-8-15-6-5-14-7-10-3-2-4-12(11)13(10)15/h3,8,14H,2,4-7,9H2,1H3. The second kappa shape index (κ2) is 4.07. The smallest absolute Gasteiger partial charge is 0.0730 e. The summed E-state index contributed by atoms with van der Waals surface area (Å²) in [7, 11) is 1.77. The van der Waals surface area contributed by atoms with Crippen molar-refractivity contribution in [2.24, 2.45) is 0 Å². The van der Waals surface area contributed by atoms with Crippen molar-refractivity contribution in [3.05, 3.63) is 29.1 Å². The molecule has 1 aliphatic heterocycles. The molecule has 2 aliphatic rings. The summed E-state index contributed by atoms with van der Waals surface area (Å²) >= 11 is 0. The van der Waals surface area contributed by atoms with Gasteiger partial charge >= 0.3 is 0 Å². The lowest BCUT2D eigenvalue weighted by Gasteiger charge is -2.15.